The Hall–Kier alpha value is -1.88. The molecule has 0 aliphatic heterocycles. The van der Waals surface area contributed by atoms with Crippen LogP contribution in [0, 0.1) is 0 Å². The van der Waals surface area contributed by atoms with E-state index in [-0.39, 0.29) is 5.91 Å². The molecule has 1 amide bonds. The van der Waals surface area contributed by atoms with Gasteiger partial charge in [-0.1, -0.05) is 6.92 Å². The second kappa shape index (κ2) is 6.52. The van der Waals surface area contributed by atoms with E-state index in [1.165, 1.54) is 4.90 Å². The fourth-order valence-corrected chi connectivity index (χ4v) is 2.43. The minimum atomic E-state index is -0.132. The minimum Gasteiger partial charge on any atom is -0.397 e. The Morgan fingerprint density at radius 2 is 2.05 bits per heavy atom. The van der Waals surface area contributed by atoms with Gasteiger partial charge in [-0.2, -0.15) is 0 Å². The van der Waals surface area contributed by atoms with Gasteiger partial charge in [-0.3, -0.25) is 4.79 Å². The topological polar surface area (TPSA) is 60.0 Å². The van der Waals surface area contributed by atoms with Gasteiger partial charge in [0.05, 0.1) is 5.69 Å². The van der Waals surface area contributed by atoms with Gasteiger partial charge in [-0.15, -0.1) is 11.8 Å². The number of rotatable bonds is 5. The lowest BCUT2D eigenvalue weighted by atomic mass is 10.3. The van der Waals surface area contributed by atoms with Crippen LogP contribution in [-0.2, 0) is 6.54 Å². The van der Waals surface area contributed by atoms with E-state index in [1.54, 1.807) is 24.0 Å². The number of aromatic nitrogens is 1. The first-order valence-corrected chi connectivity index (χ1v) is 7.77. The number of anilines is 2. The summed E-state index contributed by atoms with van der Waals surface area (Å²) in [5.41, 5.74) is 7.77. The third-order valence-electron chi connectivity index (χ3n) is 2.96. The Morgan fingerprint density at radius 1 is 1.35 bits per heavy atom. The lowest BCUT2D eigenvalue weighted by Gasteiger charge is -2.09. The monoisotopic (exact) mass is 289 g/mol. The average molecular weight is 289 g/mol. The number of hydrogen-bond donors (Lipinski definition) is 2. The SMILES string of the molecule is CCCn1cc(N)cc1C(=O)Nc1ccc(SC)cc1. The van der Waals surface area contributed by atoms with Crippen molar-refractivity contribution in [1.82, 2.24) is 4.57 Å². The number of amides is 1. The van der Waals surface area contributed by atoms with Crippen LogP contribution in [-0.4, -0.2) is 16.7 Å². The standard InChI is InChI=1S/C15H19N3OS/c1-3-8-18-10-11(16)9-14(18)15(19)17-12-4-6-13(20-2)7-5-12/h4-7,9-10H,3,8,16H2,1-2H3,(H,17,19). The van der Waals surface area contributed by atoms with Crippen LogP contribution in [0.2, 0.25) is 0 Å². The van der Waals surface area contributed by atoms with Crippen LogP contribution in [0.3, 0.4) is 0 Å². The summed E-state index contributed by atoms with van der Waals surface area (Å²) in [4.78, 5) is 13.5. The van der Waals surface area contributed by atoms with Gasteiger partial charge < -0.3 is 15.6 Å². The molecule has 0 aliphatic carbocycles. The third-order valence-corrected chi connectivity index (χ3v) is 3.71. The van der Waals surface area contributed by atoms with Gasteiger partial charge in [0.1, 0.15) is 5.69 Å². The molecule has 1 aromatic heterocycles. The van der Waals surface area contributed by atoms with Gasteiger partial charge in [-0.05, 0) is 43.0 Å². The number of nitrogens with zero attached hydrogens (tertiary/aromatic N) is 1. The second-order valence-electron chi connectivity index (χ2n) is 4.53. The third kappa shape index (κ3) is 3.36. The number of carbonyl (C=O) groups is 1. The summed E-state index contributed by atoms with van der Waals surface area (Å²) in [5, 5.41) is 2.90. The molecule has 0 saturated heterocycles. The molecule has 0 radical (unpaired) electrons. The van der Waals surface area contributed by atoms with Crippen molar-refractivity contribution < 1.29 is 4.79 Å². The highest BCUT2D eigenvalue weighted by Crippen LogP contribution is 2.19. The zero-order valence-electron chi connectivity index (χ0n) is 11.7. The quantitative estimate of drug-likeness (QED) is 0.829. The minimum absolute atomic E-state index is 0.132. The number of nitrogens with one attached hydrogen (secondary N) is 1. The van der Waals surface area contributed by atoms with Crippen molar-refractivity contribution in [3.63, 3.8) is 0 Å². The Labute approximate surface area is 123 Å². The molecule has 0 unspecified atom stereocenters. The van der Waals surface area contributed by atoms with Crippen LogP contribution in [0.4, 0.5) is 11.4 Å². The van der Waals surface area contributed by atoms with Gasteiger partial charge in [0.25, 0.3) is 5.91 Å². The fraction of sp³-hybridized carbons (Fsp3) is 0.267. The molecule has 2 aromatic rings. The van der Waals surface area contributed by atoms with E-state index < -0.39 is 0 Å². The highest BCUT2D eigenvalue weighted by atomic mass is 32.2. The van der Waals surface area contributed by atoms with Crippen LogP contribution >= 0.6 is 11.8 Å². The molecule has 106 valence electrons. The van der Waals surface area contributed by atoms with Crippen molar-refractivity contribution in [1.29, 1.82) is 0 Å². The van der Waals surface area contributed by atoms with Gasteiger partial charge >= 0.3 is 0 Å². The van der Waals surface area contributed by atoms with Crippen molar-refractivity contribution in [2.75, 3.05) is 17.3 Å². The number of aryl methyl sites for hydroxylation is 1. The van der Waals surface area contributed by atoms with Crippen molar-refractivity contribution in [3.8, 4) is 0 Å². The van der Waals surface area contributed by atoms with Crippen LogP contribution in [0.1, 0.15) is 23.8 Å². The van der Waals surface area contributed by atoms with E-state index in [9.17, 15) is 4.79 Å². The highest BCUT2D eigenvalue weighted by Gasteiger charge is 2.12. The summed E-state index contributed by atoms with van der Waals surface area (Å²) in [5.74, 6) is -0.132. The molecule has 5 heteroatoms. The zero-order chi connectivity index (χ0) is 14.5. The predicted molar refractivity (Wildman–Crippen MR) is 85.3 cm³/mol. The fourth-order valence-electron chi connectivity index (χ4n) is 2.02. The van der Waals surface area contributed by atoms with Crippen LogP contribution < -0.4 is 11.1 Å². The summed E-state index contributed by atoms with van der Waals surface area (Å²) in [7, 11) is 0. The van der Waals surface area contributed by atoms with Gasteiger partial charge in [-0.25, -0.2) is 0 Å². The molecular weight excluding hydrogens is 270 g/mol. The lowest BCUT2D eigenvalue weighted by molar-refractivity contribution is 0.101. The number of hydrogen-bond acceptors (Lipinski definition) is 3. The van der Waals surface area contributed by atoms with Gasteiger partial charge in [0, 0.05) is 23.3 Å². The Balaban J connectivity index is 2.14. The molecule has 0 atom stereocenters. The maximum absolute atomic E-state index is 12.3. The molecule has 0 spiro atoms. The number of benzene rings is 1. The van der Waals surface area contributed by atoms with Crippen LogP contribution in [0.15, 0.2) is 41.4 Å². The van der Waals surface area contributed by atoms with E-state index in [2.05, 4.69) is 12.2 Å². The number of carbonyl (C=O) groups excluding carboxylic acids is 1. The van der Waals surface area contributed by atoms with Crippen molar-refractivity contribution in [2.45, 2.75) is 24.8 Å². The van der Waals surface area contributed by atoms with E-state index >= 15 is 0 Å². The molecule has 0 fully saturated rings. The molecule has 0 bridgehead atoms. The number of nitrogen functional groups attached to an aromatic ring is 1. The zero-order valence-corrected chi connectivity index (χ0v) is 12.5. The molecule has 0 saturated carbocycles. The summed E-state index contributed by atoms with van der Waals surface area (Å²) in [6, 6.07) is 9.49. The maximum atomic E-state index is 12.3. The molecule has 1 aromatic carbocycles. The van der Waals surface area contributed by atoms with Gasteiger partial charge in [0.15, 0.2) is 0 Å². The molecule has 2 rings (SSSR count). The first kappa shape index (κ1) is 14.5. The molecule has 3 N–H and O–H groups in total. The lowest BCUT2D eigenvalue weighted by Crippen LogP contribution is -2.16. The van der Waals surface area contributed by atoms with Gasteiger partial charge in [0.2, 0.25) is 0 Å². The van der Waals surface area contributed by atoms with Crippen LogP contribution in [0.5, 0.6) is 0 Å². The van der Waals surface area contributed by atoms with Crippen molar-refractivity contribution >= 4 is 29.0 Å². The first-order chi connectivity index (χ1) is 9.63. The second-order valence-corrected chi connectivity index (χ2v) is 5.41. The van der Waals surface area contributed by atoms with Crippen LogP contribution in [0.25, 0.3) is 0 Å². The Morgan fingerprint density at radius 3 is 2.65 bits per heavy atom. The maximum Gasteiger partial charge on any atom is 0.272 e. The molecule has 1 heterocycles. The normalized spacial score (nSPS) is 10.5. The first-order valence-electron chi connectivity index (χ1n) is 6.55. The smallest absolute Gasteiger partial charge is 0.272 e. The summed E-state index contributed by atoms with van der Waals surface area (Å²) in [6.45, 7) is 2.85. The van der Waals surface area contributed by atoms with E-state index in [0.717, 1.165) is 18.7 Å². The highest BCUT2D eigenvalue weighted by molar-refractivity contribution is 7.98. The molecule has 20 heavy (non-hydrogen) atoms. The van der Waals surface area contributed by atoms with E-state index in [0.29, 0.717) is 11.4 Å². The predicted octanol–water partition coefficient (Wildman–Crippen LogP) is 3.45. The Bertz CT molecular complexity index is 590. The average Bonchev–Trinajstić information content (AvgIpc) is 2.81. The largest absolute Gasteiger partial charge is 0.397 e. The van der Waals surface area contributed by atoms with E-state index in [4.69, 9.17) is 5.73 Å². The van der Waals surface area contributed by atoms with Crippen molar-refractivity contribution in [3.05, 3.63) is 42.2 Å². The number of thioether (sulfide) groups is 1. The van der Waals surface area contributed by atoms with Crippen molar-refractivity contribution in [2.24, 2.45) is 0 Å². The molecule has 4 nitrogen and oxygen atoms in total. The Kier molecular flexibility index (Phi) is 4.74. The number of nitrogens with two attached hydrogens (primary N) is 1. The van der Waals surface area contributed by atoms with E-state index in [1.807, 2.05) is 35.1 Å². The molecular formula is C15H19N3OS. The molecule has 0 aliphatic rings. The summed E-state index contributed by atoms with van der Waals surface area (Å²) < 4.78 is 1.89. The summed E-state index contributed by atoms with van der Waals surface area (Å²) in [6.07, 6.45) is 4.78. The summed E-state index contributed by atoms with van der Waals surface area (Å²) >= 11 is 1.67.